The van der Waals surface area contributed by atoms with E-state index in [0.29, 0.717) is 40.6 Å². The second-order valence-corrected chi connectivity index (χ2v) is 8.37. The molecule has 1 atom stereocenters. The van der Waals surface area contributed by atoms with Gasteiger partial charge in [0.2, 0.25) is 11.8 Å². The zero-order chi connectivity index (χ0) is 20.0. The van der Waals surface area contributed by atoms with Crippen LogP contribution >= 0.6 is 23.4 Å². The van der Waals surface area contributed by atoms with Gasteiger partial charge in [0.1, 0.15) is 5.82 Å². The molecule has 0 bridgehead atoms. The summed E-state index contributed by atoms with van der Waals surface area (Å²) in [4.78, 5) is 23.5. The van der Waals surface area contributed by atoms with Crippen molar-refractivity contribution >= 4 is 40.9 Å². The van der Waals surface area contributed by atoms with Gasteiger partial charge in [-0.2, -0.15) is 0 Å². The topological polar surface area (TPSA) is 103 Å². The third-order valence-electron chi connectivity index (χ3n) is 3.70. The van der Waals surface area contributed by atoms with Crippen LogP contribution in [0.2, 0.25) is 5.02 Å². The number of aryl methyl sites for hydroxylation is 1. The van der Waals surface area contributed by atoms with Gasteiger partial charge in [0.15, 0.2) is 5.16 Å². The predicted molar refractivity (Wildman–Crippen MR) is 108 cm³/mol. The van der Waals surface area contributed by atoms with Crippen molar-refractivity contribution in [2.45, 2.75) is 50.6 Å². The number of nitrogens with zero attached hydrogens (tertiary/aromatic N) is 3. The number of halogens is 1. The molecular weight excluding hydrogens is 386 g/mol. The van der Waals surface area contributed by atoms with E-state index >= 15 is 0 Å². The minimum absolute atomic E-state index is 0.139. The van der Waals surface area contributed by atoms with E-state index in [9.17, 15) is 9.59 Å². The number of thioether (sulfide) groups is 1. The number of benzene rings is 1. The lowest BCUT2D eigenvalue weighted by Crippen LogP contribution is -2.23. The van der Waals surface area contributed by atoms with E-state index in [-0.39, 0.29) is 23.5 Å². The summed E-state index contributed by atoms with van der Waals surface area (Å²) in [5, 5.41) is 12.2. The summed E-state index contributed by atoms with van der Waals surface area (Å²) in [5.41, 5.74) is 5.92. The van der Waals surface area contributed by atoms with Gasteiger partial charge in [-0.15, -0.1) is 10.2 Å². The number of carbonyl (C=O) groups is 2. The van der Waals surface area contributed by atoms with Crippen LogP contribution in [-0.4, -0.2) is 31.8 Å². The molecule has 9 heteroatoms. The molecule has 27 heavy (non-hydrogen) atoms. The summed E-state index contributed by atoms with van der Waals surface area (Å²) in [6, 6.07) is 6.94. The lowest BCUT2D eigenvalue weighted by molar-refractivity contribution is -0.118. The third-order valence-corrected chi connectivity index (χ3v) is 5.03. The van der Waals surface area contributed by atoms with Crippen molar-refractivity contribution in [3.05, 3.63) is 35.1 Å². The number of carbonyl (C=O) groups excluding carboxylic acids is 2. The summed E-state index contributed by atoms with van der Waals surface area (Å²) in [6.45, 7) is 6.69. The summed E-state index contributed by atoms with van der Waals surface area (Å²) < 4.78 is 1.96. The molecule has 1 aromatic carbocycles. The summed E-state index contributed by atoms with van der Waals surface area (Å²) >= 11 is 7.19. The van der Waals surface area contributed by atoms with E-state index in [1.54, 1.807) is 24.3 Å². The maximum absolute atomic E-state index is 12.5. The number of rotatable bonds is 9. The Morgan fingerprint density at radius 1 is 1.22 bits per heavy atom. The van der Waals surface area contributed by atoms with Gasteiger partial charge in [0.25, 0.3) is 0 Å². The third kappa shape index (κ3) is 6.55. The molecular formula is C18H24ClN5O2S. The molecule has 3 N–H and O–H groups in total. The molecule has 0 spiro atoms. The highest BCUT2D eigenvalue weighted by molar-refractivity contribution is 8.00. The number of hydrogen-bond donors (Lipinski definition) is 2. The maximum atomic E-state index is 12.5. The number of primary amides is 1. The fraction of sp³-hybridized carbons (Fsp3) is 0.444. The number of anilines is 1. The fourth-order valence-corrected chi connectivity index (χ4v) is 3.37. The predicted octanol–water partition coefficient (Wildman–Crippen LogP) is 3.12. The SMILES string of the molecule is CC(C)Cn1c(CCC(N)=O)nnc1SC(C)C(=O)Nc1ccc(Cl)cc1. The average molecular weight is 410 g/mol. The first kappa shape index (κ1) is 21.2. The lowest BCUT2D eigenvalue weighted by Gasteiger charge is -2.15. The summed E-state index contributed by atoms with van der Waals surface area (Å²) in [6.07, 6.45) is 0.647. The minimum Gasteiger partial charge on any atom is -0.370 e. The average Bonchev–Trinajstić information content (AvgIpc) is 2.96. The Labute approximate surface area is 168 Å². The van der Waals surface area contributed by atoms with E-state index in [1.807, 2.05) is 11.5 Å². The molecule has 0 aliphatic rings. The molecule has 7 nitrogen and oxygen atoms in total. The molecule has 1 aromatic heterocycles. The molecule has 0 aliphatic carbocycles. The second kappa shape index (κ2) is 9.75. The van der Waals surface area contributed by atoms with Gasteiger partial charge < -0.3 is 15.6 Å². The zero-order valence-electron chi connectivity index (χ0n) is 15.6. The second-order valence-electron chi connectivity index (χ2n) is 6.63. The van der Waals surface area contributed by atoms with Crippen molar-refractivity contribution in [2.24, 2.45) is 11.7 Å². The van der Waals surface area contributed by atoms with Crippen LogP contribution in [0.3, 0.4) is 0 Å². The molecule has 0 aliphatic heterocycles. The Morgan fingerprint density at radius 2 is 1.89 bits per heavy atom. The molecule has 146 valence electrons. The van der Waals surface area contributed by atoms with Crippen LogP contribution in [0, 0.1) is 5.92 Å². The number of amides is 2. The minimum atomic E-state index is -0.376. The van der Waals surface area contributed by atoms with Crippen LogP contribution in [0.15, 0.2) is 29.4 Å². The van der Waals surface area contributed by atoms with E-state index in [2.05, 4.69) is 29.4 Å². The highest BCUT2D eigenvalue weighted by atomic mass is 35.5. The molecule has 1 unspecified atom stereocenters. The normalized spacial score (nSPS) is 12.2. The highest BCUT2D eigenvalue weighted by Gasteiger charge is 2.21. The van der Waals surface area contributed by atoms with Gasteiger partial charge in [0, 0.05) is 30.1 Å². The van der Waals surface area contributed by atoms with Crippen LogP contribution < -0.4 is 11.1 Å². The van der Waals surface area contributed by atoms with Crippen molar-refractivity contribution in [3.8, 4) is 0 Å². The van der Waals surface area contributed by atoms with Crippen LogP contribution in [0.25, 0.3) is 0 Å². The van der Waals surface area contributed by atoms with E-state index in [4.69, 9.17) is 17.3 Å². The van der Waals surface area contributed by atoms with E-state index < -0.39 is 0 Å². The van der Waals surface area contributed by atoms with Crippen LogP contribution in [0.4, 0.5) is 5.69 Å². The van der Waals surface area contributed by atoms with Crippen LogP contribution in [0.1, 0.15) is 33.0 Å². The van der Waals surface area contributed by atoms with Gasteiger partial charge in [-0.25, -0.2) is 0 Å². The van der Waals surface area contributed by atoms with Gasteiger partial charge in [0.05, 0.1) is 5.25 Å². The lowest BCUT2D eigenvalue weighted by atomic mass is 10.2. The molecule has 1 heterocycles. The molecule has 2 amide bonds. The van der Waals surface area contributed by atoms with Gasteiger partial charge in [-0.3, -0.25) is 9.59 Å². The highest BCUT2D eigenvalue weighted by Crippen LogP contribution is 2.25. The Kier molecular flexibility index (Phi) is 7.67. The number of nitrogens with one attached hydrogen (secondary N) is 1. The molecule has 2 aromatic rings. The zero-order valence-corrected chi connectivity index (χ0v) is 17.2. The van der Waals surface area contributed by atoms with Crippen LogP contribution in [0.5, 0.6) is 0 Å². The molecule has 0 saturated heterocycles. The number of nitrogens with two attached hydrogens (primary N) is 1. The van der Waals surface area contributed by atoms with Crippen LogP contribution in [-0.2, 0) is 22.6 Å². The Bertz CT molecular complexity index is 792. The molecule has 0 radical (unpaired) electrons. The first-order valence-electron chi connectivity index (χ1n) is 8.69. The monoisotopic (exact) mass is 409 g/mol. The standard InChI is InChI=1S/C18H24ClN5O2S/c1-11(2)10-24-16(9-8-15(20)25)22-23-18(24)27-12(3)17(26)21-14-6-4-13(19)5-7-14/h4-7,11-12H,8-10H2,1-3H3,(H2,20,25)(H,21,26). The van der Waals surface area contributed by atoms with Crippen molar-refractivity contribution < 1.29 is 9.59 Å². The Balaban J connectivity index is 2.08. The molecule has 0 saturated carbocycles. The van der Waals surface area contributed by atoms with Crippen molar-refractivity contribution in [1.82, 2.24) is 14.8 Å². The quantitative estimate of drug-likeness (QED) is 0.619. The number of aromatic nitrogens is 3. The van der Waals surface area contributed by atoms with Gasteiger partial charge in [-0.05, 0) is 37.1 Å². The largest absolute Gasteiger partial charge is 0.370 e. The Hall–Kier alpha value is -2.06. The smallest absolute Gasteiger partial charge is 0.237 e. The maximum Gasteiger partial charge on any atom is 0.237 e. The first-order chi connectivity index (χ1) is 12.8. The molecule has 2 rings (SSSR count). The van der Waals surface area contributed by atoms with Gasteiger partial charge in [-0.1, -0.05) is 37.2 Å². The van der Waals surface area contributed by atoms with Gasteiger partial charge >= 0.3 is 0 Å². The summed E-state index contributed by atoms with van der Waals surface area (Å²) in [5.74, 6) is 0.556. The fourth-order valence-electron chi connectivity index (χ4n) is 2.36. The first-order valence-corrected chi connectivity index (χ1v) is 9.95. The van der Waals surface area contributed by atoms with E-state index in [0.717, 1.165) is 0 Å². The van der Waals surface area contributed by atoms with Crippen molar-refractivity contribution in [2.75, 3.05) is 5.32 Å². The Morgan fingerprint density at radius 3 is 2.48 bits per heavy atom. The van der Waals surface area contributed by atoms with E-state index in [1.165, 1.54) is 11.8 Å². The van der Waals surface area contributed by atoms with Crippen molar-refractivity contribution in [1.29, 1.82) is 0 Å². The molecule has 0 fully saturated rings. The number of hydrogen-bond acceptors (Lipinski definition) is 5. The summed E-state index contributed by atoms with van der Waals surface area (Å²) in [7, 11) is 0. The van der Waals surface area contributed by atoms with Crippen molar-refractivity contribution in [3.63, 3.8) is 0 Å².